The molecular formula is C53H62Cl2N12O7S2. The average molecular weight is 1110 g/mol. The Kier molecular flexibility index (Phi) is 16.9. The molecule has 8 N–H and O–H groups in total. The van der Waals surface area contributed by atoms with Crippen LogP contribution in [0.1, 0.15) is 90.5 Å². The van der Waals surface area contributed by atoms with Crippen LogP contribution in [-0.2, 0) is 48.1 Å². The Balaban J connectivity index is 0.000000222. The smallest absolute Gasteiger partial charge is 0.229 e. The lowest BCUT2D eigenvalue weighted by atomic mass is 9.71. The molecule has 19 nitrogen and oxygen atoms in total. The number of halogens is 2. The lowest BCUT2D eigenvalue weighted by Crippen LogP contribution is -2.35. The van der Waals surface area contributed by atoms with Gasteiger partial charge in [-0.05, 0) is 132 Å². The summed E-state index contributed by atoms with van der Waals surface area (Å²) < 4.78 is 62.8. The van der Waals surface area contributed by atoms with E-state index in [4.69, 9.17) is 44.1 Å². The third kappa shape index (κ3) is 12.0. The van der Waals surface area contributed by atoms with Gasteiger partial charge >= 0.3 is 0 Å². The number of anilines is 8. The summed E-state index contributed by atoms with van der Waals surface area (Å²) in [6, 6.07) is 21.1. The first-order valence-corrected chi connectivity index (χ1v) is 28.0. The molecule has 2 aliphatic rings. The predicted molar refractivity (Wildman–Crippen MR) is 302 cm³/mol. The summed E-state index contributed by atoms with van der Waals surface area (Å²) in [7, 11) is -3.94. The predicted octanol–water partition coefficient (Wildman–Crippen LogP) is 10.3. The number of sulfone groups is 2. The number of hydrogen-bond acceptors (Lipinski definition) is 17. The molecule has 76 heavy (non-hydrogen) atoms. The van der Waals surface area contributed by atoms with E-state index in [9.17, 15) is 21.6 Å². The maximum atomic E-state index is 12.9. The molecule has 4 aromatic carbocycles. The Morgan fingerprint density at radius 1 is 0.618 bits per heavy atom. The first-order valence-electron chi connectivity index (χ1n) is 24.2. The number of rotatable bonds is 15. The van der Waals surface area contributed by atoms with Crippen LogP contribution in [0.4, 0.5) is 46.3 Å². The normalized spacial score (nSPS) is 15.2. The number of ether oxygens (including phenoxy) is 2. The van der Waals surface area contributed by atoms with E-state index in [-0.39, 0.29) is 55.1 Å². The van der Waals surface area contributed by atoms with Crippen molar-refractivity contribution in [3.05, 3.63) is 117 Å². The van der Waals surface area contributed by atoms with Crippen LogP contribution in [0.2, 0.25) is 10.0 Å². The van der Waals surface area contributed by atoms with E-state index in [1.165, 1.54) is 12.4 Å². The van der Waals surface area contributed by atoms with E-state index >= 15 is 0 Å². The van der Waals surface area contributed by atoms with E-state index in [0.717, 1.165) is 34.4 Å². The van der Waals surface area contributed by atoms with Gasteiger partial charge in [0.15, 0.2) is 31.3 Å². The highest BCUT2D eigenvalue weighted by Crippen LogP contribution is 2.43. The standard InChI is InChI=1S/C27H33ClN8O3S.C26H29ClN4O4S/c1-15(2)40(37,38)22-9-7-6-8-19(22)32-24-18(28)14-31-26(34-24)33-20-12-16-10-11-23(35-36-25(29)30)27(3,4)17(16)13-21(20)39-5;1-15(2)36(33,34)22-9-7-6-8-19(22)29-24-18(27)14-28-25(31-24)30-20-12-16-10-11-23(32)26(3,4)17(16)13-21(20)35-5/h6-9,12-15H,10-11H2,1-5H3,(H4,29,30,36)(H2,31,32,33,34);6-9,12-15H,10-11H2,1-5H3,(H2,28,29,30,31)/b35-23+;. The molecule has 2 heterocycles. The van der Waals surface area contributed by atoms with E-state index in [1.807, 2.05) is 38.1 Å². The highest BCUT2D eigenvalue weighted by atomic mass is 35.5. The summed E-state index contributed by atoms with van der Waals surface area (Å²) in [5.41, 5.74) is 17.0. The fraction of sp³-hybridized carbons (Fsp3) is 0.340. The molecule has 0 unspecified atom stereocenters. The maximum absolute atomic E-state index is 12.9. The van der Waals surface area contributed by atoms with Crippen molar-refractivity contribution in [3.8, 4) is 11.5 Å². The number of carbonyl (C=O) groups is 1. The number of aromatic nitrogens is 4. The van der Waals surface area contributed by atoms with Crippen molar-refractivity contribution in [1.29, 1.82) is 0 Å². The van der Waals surface area contributed by atoms with Crippen LogP contribution < -0.4 is 42.2 Å². The zero-order valence-corrected chi connectivity index (χ0v) is 47.0. The molecule has 0 aliphatic heterocycles. The largest absolute Gasteiger partial charge is 0.495 e. The highest BCUT2D eigenvalue weighted by Gasteiger charge is 2.37. The van der Waals surface area contributed by atoms with Crippen molar-refractivity contribution < 1.29 is 31.1 Å². The van der Waals surface area contributed by atoms with Crippen LogP contribution in [0, 0.1) is 0 Å². The fourth-order valence-corrected chi connectivity index (χ4v) is 11.4. The Morgan fingerprint density at radius 3 is 1.46 bits per heavy atom. The topological polar surface area (TPSA) is 280 Å². The van der Waals surface area contributed by atoms with Crippen molar-refractivity contribution in [2.24, 2.45) is 21.7 Å². The van der Waals surface area contributed by atoms with E-state index in [0.29, 0.717) is 53.5 Å². The third-order valence-corrected chi connectivity index (χ3v) is 18.2. The maximum Gasteiger partial charge on any atom is 0.229 e. The van der Waals surface area contributed by atoms with Gasteiger partial charge in [0, 0.05) is 17.3 Å². The van der Waals surface area contributed by atoms with Gasteiger partial charge in [0.25, 0.3) is 0 Å². The van der Waals surface area contributed by atoms with E-state index in [1.54, 1.807) is 90.4 Å². The quantitative estimate of drug-likeness (QED) is 0.0317. The van der Waals surface area contributed by atoms with Gasteiger partial charge in [0.2, 0.25) is 17.9 Å². The van der Waals surface area contributed by atoms with Gasteiger partial charge < -0.3 is 42.2 Å². The number of ketones is 1. The number of Topliss-reactive ketones (excluding diaryl/α,β-unsaturated/α-hetero) is 1. The van der Waals surface area contributed by atoms with Crippen molar-refractivity contribution in [1.82, 2.24) is 19.9 Å². The molecule has 0 amide bonds. The summed E-state index contributed by atoms with van der Waals surface area (Å²) in [6.45, 7) is 14.5. The van der Waals surface area contributed by atoms with Crippen molar-refractivity contribution in [3.63, 3.8) is 0 Å². The molecular weight excluding hydrogens is 1050 g/mol. The van der Waals surface area contributed by atoms with Gasteiger partial charge in [-0.15, -0.1) is 5.10 Å². The van der Waals surface area contributed by atoms with Crippen molar-refractivity contribution in [2.75, 3.05) is 35.5 Å². The SMILES string of the molecule is COc1cc2c(cc1Nc1ncc(Cl)c(Nc3ccccc3S(=O)(=O)C(C)C)n1)CC/C(=N\N=C(N)N)C2(C)C.COc1cc2c(cc1Nc1ncc(Cl)c(Nc3ccccc3S(=O)(=O)C(C)C)n1)CCC(=O)C2(C)C. The van der Waals surface area contributed by atoms with Gasteiger partial charge in [0.1, 0.15) is 27.3 Å². The first-order chi connectivity index (χ1) is 35.8. The number of para-hydroxylation sites is 2. The van der Waals surface area contributed by atoms with Crippen LogP contribution >= 0.6 is 23.2 Å². The zero-order chi connectivity index (χ0) is 55.5. The second-order valence-electron chi connectivity index (χ2n) is 19.6. The van der Waals surface area contributed by atoms with Gasteiger partial charge in [-0.3, -0.25) is 4.79 Å². The molecule has 0 radical (unpaired) electrons. The second-order valence-corrected chi connectivity index (χ2v) is 25.4. The molecule has 23 heteroatoms. The number of hydrogen-bond donors (Lipinski definition) is 6. The molecule has 8 rings (SSSR count). The molecule has 2 aliphatic carbocycles. The monoisotopic (exact) mass is 1110 g/mol. The number of nitrogens with one attached hydrogen (secondary N) is 4. The van der Waals surface area contributed by atoms with Crippen molar-refractivity contribution in [2.45, 2.75) is 112 Å². The van der Waals surface area contributed by atoms with E-state index in [2.05, 4.69) is 65.3 Å². The number of carbonyl (C=O) groups excluding carboxylic acids is 1. The Hall–Kier alpha value is -7.07. The summed E-state index contributed by atoms with van der Waals surface area (Å²) in [4.78, 5) is 30.4. The minimum atomic E-state index is -3.55. The van der Waals surface area contributed by atoms with Crippen LogP contribution in [0.25, 0.3) is 0 Å². The summed E-state index contributed by atoms with van der Waals surface area (Å²) >= 11 is 12.8. The molecule has 6 aromatic rings. The Labute approximate surface area is 453 Å². The Bertz CT molecular complexity index is 3490. The van der Waals surface area contributed by atoms with Crippen molar-refractivity contribution >= 4 is 107 Å². The summed E-state index contributed by atoms with van der Waals surface area (Å²) in [5, 5.41) is 19.9. The first kappa shape index (κ1) is 56.7. The lowest BCUT2D eigenvalue weighted by Gasteiger charge is -2.34. The van der Waals surface area contributed by atoms with Crippen LogP contribution in [-0.4, -0.2) is 78.9 Å². The number of nitrogens with zero attached hydrogens (tertiary/aromatic N) is 6. The zero-order valence-electron chi connectivity index (χ0n) is 43.8. The molecule has 0 atom stereocenters. The number of methoxy groups -OCH3 is 2. The highest BCUT2D eigenvalue weighted by molar-refractivity contribution is 7.92. The van der Waals surface area contributed by atoms with Crippen LogP contribution in [0.3, 0.4) is 0 Å². The summed E-state index contributed by atoms with van der Waals surface area (Å²) in [6.07, 6.45) is 5.42. The summed E-state index contributed by atoms with van der Waals surface area (Å²) in [5.74, 6) is 2.25. The van der Waals surface area contributed by atoms with Gasteiger partial charge in [-0.2, -0.15) is 15.1 Å². The number of aryl methyl sites for hydroxylation is 2. The molecule has 0 saturated carbocycles. The molecule has 0 saturated heterocycles. The molecule has 402 valence electrons. The Morgan fingerprint density at radius 2 is 1.04 bits per heavy atom. The third-order valence-electron chi connectivity index (χ3n) is 13.3. The number of nitrogens with two attached hydrogens (primary N) is 2. The van der Waals surface area contributed by atoms with Crippen LogP contribution in [0.5, 0.6) is 11.5 Å². The van der Waals surface area contributed by atoms with Gasteiger partial charge in [-0.1, -0.05) is 61.3 Å². The van der Waals surface area contributed by atoms with Gasteiger partial charge in [-0.25, -0.2) is 26.8 Å². The molecule has 0 bridgehead atoms. The fourth-order valence-electron chi connectivity index (χ4n) is 8.75. The van der Waals surface area contributed by atoms with Crippen LogP contribution in [0.15, 0.2) is 105 Å². The molecule has 0 spiro atoms. The molecule has 2 aromatic heterocycles. The van der Waals surface area contributed by atoms with Gasteiger partial charge in [0.05, 0.1) is 75.4 Å². The molecule has 0 fully saturated rings. The average Bonchev–Trinajstić information content (AvgIpc) is 3.39. The minimum Gasteiger partial charge on any atom is -0.495 e. The number of benzene rings is 4. The number of guanidine groups is 1. The van der Waals surface area contributed by atoms with E-state index < -0.39 is 41.0 Å². The number of fused-ring (bicyclic) bond motifs is 2. The lowest BCUT2D eigenvalue weighted by molar-refractivity contribution is -0.124. The second kappa shape index (κ2) is 22.6. The minimum absolute atomic E-state index is 0.0897.